The first kappa shape index (κ1) is 19.8. The number of ether oxygens (including phenoxy) is 2. The van der Waals surface area contributed by atoms with E-state index in [0.29, 0.717) is 0 Å². The van der Waals surface area contributed by atoms with Crippen LogP contribution in [0.2, 0.25) is 0 Å². The fraction of sp³-hybridized carbons (Fsp3) is 0.280. The minimum Gasteiger partial charge on any atom is -0.497 e. The average Bonchev–Trinajstić information content (AvgIpc) is 2.69. The van der Waals surface area contributed by atoms with Gasteiger partial charge in [-0.05, 0) is 85.3 Å². The van der Waals surface area contributed by atoms with Crippen molar-refractivity contribution in [2.75, 3.05) is 20.0 Å². The Labute approximate surface area is 168 Å². The molecule has 0 fully saturated rings. The van der Waals surface area contributed by atoms with E-state index in [1.54, 1.807) is 14.2 Å². The van der Waals surface area contributed by atoms with Gasteiger partial charge in [0.05, 0.1) is 14.2 Å². The van der Waals surface area contributed by atoms with Crippen molar-refractivity contribution in [3.05, 3.63) is 88.0 Å². The van der Waals surface area contributed by atoms with Gasteiger partial charge in [-0.1, -0.05) is 30.3 Å². The van der Waals surface area contributed by atoms with E-state index in [-0.39, 0.29) is 5.41 Å². The lowest BCUT2D eigenvalue weighted by Gasteiger charge is -2.34. The molecular weight excluding hydrogens is 346 g/mol. The molecule has 0 bridgehead atoms. The molecule has 1 atom stereocenters. The summed E-state index contributed by atoms with van der Waals surface area (Å²) in [5.74, 6) is 1.76. The third-order valence-electron chi connectivity index (χ3n) is 5.79. The Kier molecular flexibility index (Phi) is 5.37. The van der Waals surface area contributed by atoms with E-state index in [1.165, 1.54) is 22.3 Å². The molecule has 0 heterocycles. The maximum atomic E-state index is 6.11. The van der Waals surface area contributed by atoms with Gasteiger partial charge in [0.1, 0.15) is 11.5 Å². The molecule has 0 aliphatic rings. The second-order valence-electron chi connectivity index (χ2n) is 7.56. The summed E-state index contributed by atoms with van der Waals surface area (Å²) in [6.07, 6.45) is 0. The third-order valence-corrected chi connectivity index (χ3v) is 5.79. The normalized spacial score (nSPS) is 13.1. The number of hydrogen-bond acceptors (Lipinski definition) is 3. The van der Waals surface area contributed by atoms with E-state index in [4.69, 9.17) is 15.2 Å². The summed E-state index contributed by atoms with van der Waals surface area (Å²) in [6.45, 7) is 8.54. The Balaban J connectivity index is 2.30. The SMILES string of the molecule is COc1ccc(C(C)(c2ccc(N)c(C)c2)c2ccc(OC)c(C)c2)c(C)c1. The van der Waals surface area contributed by atoms with Gasteiger partial charge in [0.15, 0.2) is 0 Å². The highest BCUT2D eigenvalue weighted by molar-refractivity contribution is 5.58. The van der Waals surface area contributed by atoms with E-state index in [0.717, 1.165) is 28.3 Å². The van der Waals surface area contributed by atoms with Gasteiger partial charge in [-0.25, -0.2) is 0 Å². The van der Waals surface area contributed by atoms with E-state index in [9.17, 15) is 0 Å². The van der Waals surface area contributed by atoms with Crippen molar-refractivity contribution in [3.63, 3.8) is 0 Å². The molecule has 0 saturated carbocycles. The minimum atomic E-state index is -0.341. The quantitative estimate of drug-likeness (QED) is 0.469. The number of methoxy groups -OCH3 is 2. The van der Waals surface area contributed by atoms with Crippen LogP contribution in [-0.4, -0.2) is 14.2 Å². The molecule has 3 aromatic carbocycles. The second kappa shape index (κ2) is 7.59. The summed E-state index contributed by atoms with van der Waals surface area (Å²) in [6, 6.07) is 19.0. The van der Waals surface area contributed by atoms with Crippen LogP contribution in [0.3, 0.4) is 0 Å². The van der Waals surface area contributed by atoms with Crippen LogP contribution in [0, 0.1) is 20.8 Å². The lowest BCUT2D eigenvalue weighted by molar-refractivity contribution is 0.411. The maximum Gasteiger partial charge on any atom is 0.121 e. The highest BCUT2D eigenvalue weighted by Gasteiger charge is 2.33. The molecule has 3 heteroatoms. The molecule has 146 valence electrons. The van der Waals surface area contributed by atoms with Gasteiger partial charge in [0.25, 0.3) is 0 Å². The van der Waals surface area contributed by atoms with Crippen LogP contribution in [0.4, 0.5) is 5.69 Å². The van der Waals surface area contributed by atoms with Crippen molar-refractivity contribution in [2.24, 2.45) is 0 Å². The zero-order valence-electron chi connectivity index (χ0n) is 17.6. The highest BCUT2D eigenvalue weighted by Crippen LogP contribution is 2.43. The number of nitrogen functional groups attached to an aromatic ring is 1. The molecule has 0 aliphatic carbocycles. The number of benzene rings is 3. The van der Waals surface area contributed by atoms with Crippen LogP contribution in [0.25, 0.3) is 0 Å². The lowest BCUT2D eigenvalue weighted by Crippen LogP contribution is -2.27. The van der Waals surface area contributed by atoms with E-state index in [1.807, 2.05) is 18.2 Å². The highest BCUT2D eigenvalue weighted by atomic mass is 16.5. The molecule has 0 aromatic heterocycles. The van der Waals surface area contributed by atoms with Crippen molar-refractivity contribution in [1.29, 1.82) is 0 Å². The average molecular weight is 376 g/mol. The predicted molar refractivity (Wildman–Crippen MR) is 117 cm³/mol. The van der Waals surface area contributed by atoms with Crippen LogP contribution in [0.1, 0.15) is 40.3 Å². The maximum absolute atomic E-state index is 6.11. The van der Waals surface area contributed by atoms with Crippen LogP contribution in [0.5, 0.6) is 11.5 Å². The van der Waals surface area contributed by atoms with Gasteiger partial charge in [-0.2, -0.15) is 0 Å². The van der Waals surface area contributed by atoms with Gasteiger partial charge in [-0.15, -0.1) is 0 Å². The van der Waals surface area contributed by atoms with Gasteiger partial charge < -0.3 is 15.2 Å². The molecule has 28 heavy (non-hydrogen) atoms. The predicted octanol–water partition coefficient (Wildman–Crippen LogP) is 5.57. The van der Waals surface area contributed by atoms with Crippen LogP contribution < -0.4 is 15.2 Å². The van der Waals surface area contributed by atoms with Crippen molar-refractivity contribution < 1.29 is 9.47 Å². The topological polar surface area (TPSA) is 44.5 Å². The molecule has 0 aliphatic heterocycles. The standard InChI is InChI=1S/C25H29NO2/c1-16-15-21(27-5)9-10-22(16)25(4,19-7-11-23(26)17(2)13-19)20-8-12-24(28-6)18(3)14-20/h7-15H,26H2,1-6H3. The summed E-state index contributed by atoms with van der Waals surface area (Å²) < 4.78 is 10.9. The van der Waals surface area contributed by atoms with Crippen LogP contribution in [-0.2, 0) is 5.41 Å². The monoisotopic (exact) mass is 375 g/mol. The summed E-state index contributed by atoms with van der Waals surface area (Å²) in [5.41, 5.74) is 13.6. The van der Waals surface area contributed by atoms with Crippen LogP contribution >= 0.6 is 0 Å². The Hall–Kier alpha value is -2.94. The summed E-state index contributed by atoms with van der Waals surface area (Å²) >= 11 is 0. The van der Waals surface area contributed by atoms with E-state index < -0.39 is 0 Å². The molecule has 2 N–H and O–H groups in total. The largest absolute Gasteiger partial charge is 0.497 e. The number of rotatable bonds is 5. The molecule has 1 unspecified atom stereocenters. The first-order valence-electron chi connectivity index (χ1n) is 9.48. The lowest BCUT2D eigenvalue weighted by atomic mass is 9.69. The van der Waals surface area contributed by atoms with Crippen molar-refractivity contribution in [1.82, 2.24) is 0 Å². The Morgan fingerprint density at radius 3 is 1.89 bits per heavy atom. The first-order chi connectivity index (χ1) is 13.3. The fourth-order valence-corrected chi connectivity index (χ4v) is 3.98. The molecule has 0 saturated heterocycles. The van der Waals surface area contributed by atoms with Gasteiger partial charge >= 0.3 is 0 Å². The van der Waals surface area contributed by atoms with Gasteiger partial charge in [-0.3, -0.25) is 0 Å². The van der Waals surface area contributed by atoms with Crippen LogP contribution in [0.15, 0.2) is 54.6 Å². The zero-order valence-corrected chi connectivity index (χ0v) is 17.6. The van der Waals surface area contributed by atoms with E-state index in [2.05, 4.69) is 64.1 Å². The summed E-state index contributed by atoms with van der Waals surface area (Å²) in [4.78, 5) is 0. The molecule has 3 nitrogen and oxygen atoms in total. The Morgan fingerprint density at radius 2 is 1.36 bits per heavy atom. The first-order valence-corrected chi connectivity index (χ1v) is 9.48. The number of nitrogens with two attached hydrogens (primary N) is 1. The Bertz CT molecular complexity index is 1010. The third kappa shape index (κ3) is 3.33. The molecule has 3 aromatic rings. The molecule has 0 radical (unpaired) electrons. The minimum absolute atomic E-state index is 0.341. The van der Waals surface area contributed by atoms with Gasteiger partial charge in [0.2, 0.25) is 0 Å². The number of aryl methyl sites for hydroxylation is 3. The zero-order chi connectivity index (χ0) is 20.5. The van der Waals surface area contributed by atoms with Crippen molar-refractivity contribution >= 4 is 5.69 Å². The fourth-order valence-electron chi connectivity index (χ4n) is 3.98. The summed E-state index contributed by atoms with van der Waals surface area (Å²) in [5, 5.41) is 0. The van der Waals surface area contributed by atoms with Gasteiger partial charge in [0, 0.05) is 11.1 Å². The number of hydrogen-bond donors (Lipinski definition) is 1. The Morgan fingerprint density at radius 1 is 0.714 bits per heavy atom. The second-order valence-corrected chi connectivity index (χ2v) is 7.56. The molecule has 3 rings (SSSR count). The summed E-state index contributed by atoms with van der Waals surface area (Å²) in [7, 11) is 3.40. The van der Waals surface area contributed by atoms with Crippen molar-refractivity contribution in [2.45, 2.75) is 33.1 Å². The van der Waals surface area contributed by atoms with Crippen molar-refractivity contribution in [3.8, 4) is 11.5 Å². The smallest absolute Gasteiger partial charge is 0.121 e. The van der Waals surface area contributed by atoms with E-state index >= 15 is 0 Å². The molecule has 0 amide bonds. The number of anilines is 1. The molecular formula is C25H29NO2. The molecule has 0 spiro atoms.